The number of hydrogen-bond acceptors (Lipinski definition) is 5. The molecule has 1 saturated carbocycles. The molecule has 3 aromatic carbocycles. The van der Waals surface area contributed by atoms with Crippen molar-refractivity contribution < 1.29 is 45.7 Å². The number of halogens is 6. The van der Waals surface area contributed by atoms with Gasteiger partial charge in [0.05, 0.1) is 5.56 Å². The molecule has 5 rings (SSSR count). The van der Waals surface area contributed by atoms with Crippen molar-refractivity contribution in [2.24, 2.45) is 11.8 Å². The Morgan fingerprint density at radius 1 is 0.929 bits per heavy atom. The van der Waals surface area contributed by atoms with E-state index in [1.807, 2.05) is 4.90 Å². The first-order valence-corrected chi connectivity index (χ1v) is 13.4. The lowest BCUT2D eigenvalue weighted by molar-refractivity contribution is -0.145. The fourth-order valence-electron chi connectivity index (χ4n) is 5.37. The lowest BCUT2D eigenvalue weighted by atomic mass is 10.1. The van der Waals surface area contributed by atoms with Crippen molar-refractivity contribution in [3.8, 4) is 11.5 Å². The second-order valence-corrected chi connectivity index (χ2v) is 10.5. The van der Waals surface area contributed by atoms with Crippen LogP contribution in [-0.4, -0.2) is 54.4 Å². The van der Waals surface area contributed by atoms with Gasteiger partial charge in [0.1, 0.15) is 23.9 Å². The molecule has 1 saturated heterocycles. The molecule has 2 aliphatic rings. The number of alkyl halides is 3. The topological polar surface area (TPSA) is 71.0 Å². The maximum Gasteiger partial charge on any atom is 0.416 e. The van der Waals surface area contributed by atoms with Crippen molar-refractivity contribution in [2.75, 3.05) is 26.2 Å². The molecule has 0 bridgehead atoms. The molecule has 6 nitrogen and oxygen atoms in total. The second-order valence-electron chi connectivity index (χ2n) is 10.5. The number of hydrogen-bond donors (Lipinski definition) is 2. The number of nitrogens with one attached hydrogen (secondary N) is 1. The SMILES string of the molecule is O=C(O)[C@H](Cc1ccc(OCCNC2C3CN(Cc4cc(F)c(F)cc4F)CC32)cc1)Oc1ccc(C(F)(F)F)cc1. The Kier molecular flexibility index (Phi) is 8.65. The minimum atomic E-state index is -4.50. The van der Waals surface area contributed by atoms with Gasteiger partial charge in [0.2, 0.25) is 0 Å². The summed E-state index contributed by atoms with van der Waals surface area (Å²) < 4.78 is 89.9. The molecule has 2 unspecified atom stereocenters. The zero-order valence-electron chi connectivity index (χ0n) is 22.2. The van der Waals surface area contributed by atoms with Gasteiger partial charge in [-0.2, -0.15) is 13.2 Å². The molecule has 1 heterocycles. The summed E-state index contributed by atoms with van der Waals surface area (Å²) in [6, 6.07) is 12.5. The smallest absolute Gasteiger partial charge is 0.416 e. The van der Waals surface area contributed by atoms with Crippen LogP contribution in [0, 0.1) is 29.3 Å². The minimum absolute atomic E-state index is 0.00239. The van der Waals surface area contributed by atoms with Gasteiger partial charge in [0, 0.05) is 50.3 Å². The zero-order chi connectivity index (χ0) is 30.0. The number of fused-ring (bicyclic) bond motifs is 1. The predicted molar refractivity (Wildman–Crippen MR) is 140 cm³/mol. The largest absolute Gasteiger partial charge is 0.492 e. The Balaban J connectivity index is 1.01. The molecule has 3 atom stereocenters. The van der Waals surface area contributed by atoms with Crippen molar-refractivity contribution in [1.82, 2.24) is 10.2 Å². The first kappa shape index (κ1) is 29.7. The van der Waals surface area contributed by atoms with Gasteiger partial charge in [0.15, 0.2) is 17.7 Å². The average Bonchev–Trinajstić information content (AvgIpc) is 3.39. The third kappa shape index (κ3) is 7.16. The number of rotatable bonds is 12. The molecule has 0 amide bonds. The monoisotopic (exact) mass is 594 g/mol. The zero-order valence-corrected chi connectivity index (χ0v) is 22.2. The molecular formula is C30H28F6N2O4. The molecule has 0 radical (unpaired) electrons. The highest BCUT2D eigenvalue weighted by atomic mass is 19.4. The Morgan fingerprint density at radius 2 is 1.55 bits per heavy atom. The van der Waals surface area contributed by atoms with Crippen molar-refractivity contribution >= 4 is 5.97 Å². The molecule has 3 aromatic rings. The Hall–Kier alpha value is -3.77. The predicted octanol–water partition coefficient (Wildman–Crippen LogP) is 5.30. The molecule has 224 valence electrons. The van der Waals surface area contributed by atoms with Crippen molar-refractivity contribution in [3.63, 3.8) is 0 Å². The van der Waals surface area contributed by atoms with Crippen LogP contribution in [0.1, 0.15) is 16.7 Å². The quantitative estimate of drug-likeness (QED) is 0.169. The number of benzene rings is 3. The maximum atomic E-state index is 13.9. The number of carbonyl (C=O) groups is 1. The highest BCUT2D eigenvalue weighted by Gasteiger charge is 2.55. The fraction of sp³-hybridized carbons (Fsp3) is 0.367. The van der Waals surface area contributed by atoms with E-state index in [9.17, 15) is 36.2 Å². The van der Waals surface area contributed by atoms with Crippen LogP contribution in [0.15, 0.2) is 60.7 Å². The number of carboxylic acid groups (broad SMARTS) is 1. The summed E-state index contributed by atoms with van der Waals surface area (Å²) in [7, 11) is 0. The standard InChI is InChI=1S/C30H28F6N2O4/c31-24-13-26(33)25(32)12-18(24)14-38-15-22-23(16-38)28(22)37-9-10-41-20-5-1-17(2-6-20)11-27(29(39)40)42-21-7-3-19(4-8-21)30(34,35)36/h1-8,12-13,22-23,27-28,37H,9-11,14-16H2,(H,39,40)/t22?,23?,27-,28?/m0/s1. The highest BCUT2D eigenvalue weighted by molar-refractivity contribution is 5.73. The number of piperidine rings is 1. The van der Waals surface area contributed by atoms with Gasteiger partial charge >= 0.3 is 12.1 Å². The Labute approximate surface area is 237 Å². The maximum absolute atomic E-state index is 13.9. The van der Waals surface area contributed by atoms with E-state index in [1.54, 1.807) is 24.3 Å². The summed E-state index contributed by atoms with van der Waals surface area (Å²) >= 11 is 0. The van der Waals surface area contributed by atoms with Crippen molar-refractivity contribution in [1.29, 1.82) is 0 Å². The van der Waals surface area contributed by atoms with Gasteiger partial charge in [-0.3, -0.25) is 4.90 Å². The second kappa shape index (κ2) is 12.2. The van der Waals surface area contributed by atoms with E-state index < -0.39 is 41.3 Å². The summed E-state index contributed by atoms with van der Waals surface area (Å²) in [5.41, 5.74) is -0.0584. The fourth-order valence-corrected chi connectivity index (χ4v) is 5.37. The third-order valence-electron chi connectivity index (χ3n) is 7.58. The van der Waals surface area contributed by atoms with Crippen LogP contribution in [0.3, 0.4) is 0 Å². The molecule has 42 heavy (non-hydrogen) atoms. The molecule has 1 aliphatic heterocycles. The van der Waals surface area contributed by atoms with E-state index in [0.717, 1.165) is 43.4 Å². The minimum Gasteiger partial charge on any atom is -0.492 e. The summed E-state index contributed by atoms with van der Waals surface area (Å²) in [6.45, 7) is 2.70. The summed E-state index contributed by atoms with van der Waals surface area (Å²) in [5.74, 6) is -2.82. The first-order valence-electron chi connectivity index (χ1n) is 13.4. The van der Waals surface area contributed by atoms with Crippen LogP contribution >= 0.6 is 0 Å². The highest BCUT2D eigenvalue weighted by Crippen LogP contribution is 2.45. The van der Waals surface area contributed by atoms with Gasteiger partial charge in [0.25, 0.3) is 0 Å². The van der Waals surface area contributed by atoms with Crippen LogP contribution in [0.5, 0.6) is 11.5 Å². The number of ether oxygens (including phenoxy) is 2. The molecule has 1 aliphatic carbocycles. The van der Waals surface area contributed by atoms with E-state index in [0.29, 0.717) is 48.4 Å². The van der Waals surface area contributed by atoms with E-state index in [2.05, 4.69) is 5.32 Å². The van der Waals surface area contributed by atoms with E-state index in [1.165, 1.54) is 0 Å². The van der Waals surface area contributed by atoms with Crippen LogP contribution in [0.25, 0.3) is 0 Å². The lowest BCUT2D eigenvalue weighted by Gasteiger charge is -2.20. The molecule has 0 spiro atoms. The number of carboxylic acids is 1. The molecular weight excluding hydrogens is 566 g/mol. The molecule has 2 fully saturated rings. The Morgan fingerprint density at radius 3 is 2.17 bits per heavy atom. The summed E-state index contributed by atoms with van der Waals surface area (Å²) in [6.07, 6.45) is -5.78. The van der Waals surface area contributed by atoms with Gasteiger partial charge in [-0.25, -0.2) is 18.0 Å². The van der Waals surface area contributed by atoms with Crippen molar-refractivity contribution in [3.05, 3.63) is 94.8 Å². The van der Waals surface area contributed by atoms with Crippen LogP contribution in [-0.2, 0) is 23.9 Å². The van der Waals surface area contributed by atoms with Crippen LogP contribution in [0.2, 0.25) is 0 Å². The van der Waals surface area contributed by atoms with Gasteiger partial charge in [-0.05, 0) is 59.9 Å². The lowest BCUT2D eigenvalue weighted by Crippen LogP contribution is -2.33. The van der Waals surface area contributed by atoms with Gasteiger partial charge in [-0.15, -0.1) is 0 Å². The number of nitrogens with zero attached hydrogens (tertiary/aromatic N) is 1. The number of likely N-dealkylation sites (tertiary alicyclic amines) is 1. The van der Waals surface area contributed by atoms with Gasteiger partial charge in [-0.1, -0.05) is 12.1 Å². The average molecular weight is 595 g/mol. The molecule has 2 N–H and O–H groups in total. The number of aliphatic carboxylic acids is 1. The molecule has 12 heteroatoms. The summed E-state index contributed by atoms with van der Waals surface area (Å²) in [4.78, 5) is 13.7. The summed E-state index contributed by atoms with van der Waals surface area (Å²) in [5, 5.41) is 13.0. The van der Waals surface area contributed by atoms with E-state index >= 15 is 0 Å². The van der Waals surface area contributed by atoms with Crippen LogP contribution in [0.4, 0.5) is 26.3 Å². The molecule has 0 aromatic heterocycles. The Bertz CT molecular complexity index is 1390. The first-order chi connectivity index (χ1) is 20.0. The van der Waals surface area contributed by atoms with Crippen molar-refractivity contribution in [2.45, 2.75) is 31.3 Å². The van der Waals surface area contributed by atoms with E-state index in [4.69, 9.17) is 9.47 Å². The van der Waals surface area contributed by atoms with Crippen LogP contribution < -0.4 is 14.8 Å². The third-order valence-corrected chi connectivity index (χ3v) is 7.58. The van der Waals surface area contributed by atoms with E-state index in [-0.39, 0.29) is 24.3 Å². The normalized spacial score (nSPS) is 20.7. The van der Waals surface area contributed by atoms with Gasteiger partial charge < -0.3 is 19.9 Å².